The molecule has 1 aliphatic rings. The number of aliphatic carboxylic acids is 1. The highest BCUT2D eigenvalue weighted by molar-refractivity contribution is 5.81. The van der Waals surface area contributed by atoms with Crippen LogP contribution >= 0.6 is 0 Å². The van der Waals surface area contributed by atoms with Crippen LogP contribution in [0.15, 0.2) is 0 Å². The molecular formula is C18H36N2O4. The van der Waals surface area contributed by atoms with Crippen molar-refractivity contribution in [3.05, 3.63) is 0 Å². The van der Waals surface area contributed by atoms with Crippen LogP contribution in [0.4, 0.5) is 0 Å². The maximum Gasteiger partial charge on any atom is 0.311 e. The Labute approximate surface area is 146 Å². The summed E-state index contributed by atoms with van der Waals surface area (Å²) in [6, 6.07) is -0.257. The summed E-state index contributed by atoms with van der Waals surface area (Å²) in [5, 5.41) is 21.3. The van der Waals surface area contributed by atoms with Gasteiger partial charge < -0.3 is 21.3 Å². The van der Waals surface area contributed by atoms with Crippen molar-refractivity contribution in [2.45, 2.75) is 90.7 Å². The molecule has 6 heteroatoms. The lowest BCUT2D eigenvalue weighted by Crippen LogP contribution is -2.38. The number of nitrogens with one attached hydrogen (secondary N) is 1. The quantitative estimate of drug-likeness (QED) is 0.505. The number of aliphatic hydroxyl groups excluding tert-OH is 1. The molecule has 5 N–H and O–H groups in total. The molecule has 0 aliphatic carbocycles. The molecule has 1 saturated heterocycles. The van der Waals surface area contributed by atoms with Gasteiger partial charge in [0.2, 0.25) is 5.91 Å². The molecule has 142 valence electrons. The first-order chi connectivity index (χ1) is 11.2. The molecule has 0 radical (unpaired) electrons. The van der Waals surface area contributed by atoms with Crippen molar-refractivity contribution in [2.24, 2.45) is 11.1 Å². The van der Waals surface area contributed by atoms with Gasteiger partial charge in [-0.3, -0.25) is 9.59 Å². The van der Waals surface area contributed by atoms with Gasteiger partial charge in [-0.2, -0.15) is 0 Å². The number of hydrogen-bond acceptors (Lipinski definition) is 4. The number of carbonyl (C=O) groups excluding carboxylic acids is 1. The van der Waals surface area contributed by atoms with Crippen LogP contribution in [0, 0.1) is 5.41 Å². The summed E-state index contributed by atoms with van der Waals surface area (Å²) in [5.41, 5.74) is 4.44. The molecule has 1 amide bonds. The second-order valence-corrected chi connectivity index (χ2v) is 7.14. The summed E-state index contributed by atoms with van der Waals surface area (Å²) in [7, 11) is 0. The van der Waals surface area contributed by atoms with E-state index in [-0.39, 0.29) is 11.9 Å². The van der Waals surface area contributed by atoms with Crippen LogP contribution in [0.3, 0.4) is 0 Å². The predicted molar refractivity (Wildman–Crippen MR) is 95.6 cm³/mol. The Bertz CT molecular complexity index is 372. The highest BCUT2D eigenvalue weighted by Gasteiger charge is 2.34. The molecule has 1 heterocycles. The van der Waals surface area contributed by atoms with E-state index < -0.39 is 17.5 Å². The van der Waals surface area contributed by atoms with Crippen molar-refractivity contribution in [2.75, 3.05) is 6.54 Å². The highest BCUT2D eigenvalue weighted by atomic mass is 16.4. The summed E-state index contributed by atoms with van der Waals surface area (Å²) < 4.78 is 0. The lowest BCUT2D eigenvalue weighted by atomic mass is 9.84. The first-order valence-corrected chi connectivity index (χ1v) is 9.18. The minimum atomic E-state index is -1.02. The molecule has 2 unspecified atom stereocenters. The number of rotatable bonds is 8. The molecule has 0 bridgehead atoms. The van der Waals surface area contributed by atoms with Gasteiger partial charge in [-0.05, 0) is 39.5 Å². The fraction of sp³-hybridized carbons (Fsp3) is 0.889. The maximum absolute atomic E-state index is 10.8. The molecule has 2 atom stereocenters. The van der Waals surface area contributed by atoms with Crippen molar-refractivity contribution in [1.29, 1.82) is 0 Å². The largest absolute Gasteiger partial charge is 0.481 e. The highest BCUT2D eigenvalue weighted by Crippen LogP contribution is 2.25. The van der Waals surface area contributed by atoms with Crippen LogP contribution in [0.1, 0.15) is 78.6 Å². The second kappa shape index (κ2) is 12.3. The summed E-state index contributed by atoms with van der Waals surface area (Å²) in [4.78, 5) is 21.6. The molecule has 1 fully saturated rings. The van der Waals surface area contributed by atoms with Crippen LogP contribution < -0.4 is 11.1 Å². The van der Waals surface area contributed by atoms with E-state index in [1.54, 1.807) is 13.8 Å². The van der Waals surface area contributed by atoms with Gasteiger partial charge in [0.1, 0.15) is 0 Å². The molecule has 0 saturated carbocycles. The van der Waals surface area contributed by atoms with Crippen molar-refractivity contribution in [1.82, 2.24) is 5.32 Å². The van der Waals surface area contributed by atoms with Gasteiger partial charge in [-0.15, -0.1) is 0 Å². The van der Waals surface area contributed by atoms with Crippen molar-refractivity contribution < 1.29 is 19.8 Å². The topological polar surface area (TPSA) is 113 Å². The molecule has 1 aliphatic heterocycles. The zero-order valence-corrected chi connectivity index (χ0v) is 15.5. The van der Waals surface area contributed by atoms with Crippen LogP contribution in [0.2, 0.25) is 0 Å². The second-order valence-electron chi connectivity index (χ2n) is 7.14. The average molecular weight is 344 g/mol. The van der Waals surface area contributed by atoms with Crippen LogP contribution in [0.25, 0.3) is 0 Å². The molecule has 0 aromatic heterocycles. The lowest BCUT2D eigenvalue weighted by Gasteiger charge is -2.25. The zero-order valence-electron chi connectivity index (χ0n) is 15.5. The van der Waals surface area contributed by atoms with Gasteiger partial charge in [0.25, 0.3) is 0 Å². The van der Waals surface area contributed by atoms with Gasteiger partial charge in [-0.25, -0.2) is 0 Å². The number of carboxylic acid groups (broad SMARTS) is 1. The summed E-state index contributed by atoms with van der Waals surface area (Å²) in [6.07, 6.45) is 8.42. The third kappa shape index (κ3) is 9.23. The molecule has 24 heavy (non-hydrogen) atoms. The third-order valence-electron chi connectivity index (χ3n) is 4.54. The summed E-state index contributed by atoms with van der Waals surface area (Å²) in [6.45, 7) is 6.10. The number of unbranched alkanes of at least 4 members (excludes halogenated alkanes) is 4. The number of nitrogens with two attached hydrogens (primary N) is 1. The van der Waals surface area contributed by atoms with Crippen molar-refractivity contribution in [3.63, 3.8) is 0 Å². The number of amides is 1. The molecular weight excluding hydrogens is 308 g/mol. The SMILES string of the molecule is CCCCCCCC(O)C(C)(C)C(=O)O.NC1CCCCNC1=O. The zero-order chi connectivity index (χ0) is 18.6. The standard InChI is InChI=1S/C12H24O3.C6H12N2O/c1-4-5-6-7-8-9-10(13)12(2,3)11(14)15;7-5-3-1-2-4-8-6(5)9/h10,13H,4-9H2,1-3H3,(H,14,15);5H,1-4,7H2,(H,8,9). The van der Waals surface area contributed by atoms with E-state index in [1.807, 2.05) is 0 Å². The Morgan fingerprint density at radius 1 is 1.29 bits per heavy atom. The fourth-order valence-corrected chi connectivity index (χ4v) is 2.41. The third-order valence-corrected chi connectivity index (χ3v) is 4.54. The summed E-state index contributed by atoms with van der Waals surface area (Å²) >= 11 is 0. The number of carbonyl (C=O) groups is 2. The van der Waals surface area contributed by atoms with E-state index in [2.05, 4.69) is 12.2 Å². The van der Waals surface area contributed by atoms with Gasteiger partial charge in [-0.1, -0.05) is 39.0 Å². The van der Waals surface area contributed by atoms with Crippen molar-refractivity contribution >= 4 is 11.9 Å². The van der Waals surface area contributed by atoms with E-state index in [0.717, 1.165) is 38.6 Å². The number of carboxylic acids is 1. The monoisotopic (exact) mass is 344 g/mol. The Hall–Kier alpha value is -1.14. The van der Waals surface area contributed by atoms with Crippen LogP contribution in [0.5, 0.6) is 0 Å². The van der Waals surface area contributed by atoms with Gasteiger partial charge in [0.05, 0.1) is 17.6 Å². The first kappa shape index (κ1) is 22.9. The Morgan fingerprint density at radius 3 is 2.50 bits per heavy atom. The molecule has 0 spiro atoms. The molecule has 0 aromatic carbocycles. The lowest BCUT2D eigenvalue weighted by molar-refractivity contribution is -0.153. The van der Waals surface area contributed by atoms with Crippen molar-refractivity contribution in [3.8, 4) is 0 Å². The number of aliphatic hydroxyl groups is 1. The van der Waals surface area contributed by atoms with Gasteiger partial charge in [0, 0.05) is 6.54 Å². The van der Waals surface area contributed by atoms with Crippen LogP contribution in [-0.4, -0.2) is 40.8 Å². The first-order valence-electron chi connectivity index (χ1n) is 9.18. The van der Waals surface area contributed by atoms with Gasteiger partial charge >= 0.3 is 5.97 Å². The average Bonchev–Trinajstić information content (AvgIpc) is 2.72. The summed E-state index contributed by atoms with van der Waals surface area (Å²) in [5.74, 6) is -0.920. The minimum absolute atomic E-state index is 0.00694. The normalized spacial score (nSPS) is 19.5. The fourth-order valence-electron chi connectivity index (χ4n) is 2.41. The molecule has 0 aromatic rings. The Kier molecular flexibility index (Phi) is 11.7. The van der Waals surface area contributed by atoms with E-state index in [1.165, 1.54) is 19.3 Å². The predicted octanol–water partition coefficient (Wildman–Crippen LogP) is 2.43. The van der Waals surface area contributed by atoms with E-state index in [0.29, 0.717) is 6.42 Å². The minimum Gasteiger partial charge on any atom is -0.481 e. The van der Waals surface area contributed by atoms with Gasteiger partial charge in [0.15, 0.2) is 0 Å². The van der Waals surface area contributed by atoms with E-state index >= 15 is 0 Å². The molecule has 1 rings (SSSR count). The van der Waals surface area contributed by atoms with Crippen LogP contribution in [-0.2, 0) is 9.59 Å². The Morgan fingerprint density at radius 2 is 1.92 bits per heavy atom. The van der Waals surface area contributed by atoms with E-state index in [4.69, 9.17) is 10.8 Å². The Balaban J connectivity index is 0.000000496. The molecule has 6 nitrogen and oxygen atoms in total. The van der Waals surface area contributed by atoms with E-state index in [9.17, 15) is 14.7 Å². The number of hydrogen-bond donors (Lipinski definition) is 4. The smallest absolute Gasteiger partial charge is 0.311 e. The maximum atomic E-state index is 10.8.